The smallest absolute Gasteiger partial charge is 0.159 e. The number of ether oxygens (including phenoxy) is 1. The largest absolute Gasteiger partial charge is 0.381 e. The molecule has 1 aromatic heterocycles. The summed E-state index contributed by atoms with van der Waals surface area (Å²) in [4.78, 5) is 12.0. The van der Waals surface area contributed by atoms with Crippen LogP contribution in [0, 0.1) is 0 Å². The Morgan fingerprint density at radius 1 is 1.12 bits per heavy atom. The van der Waals surface area contributed by atoms with Crippen molar-refractivity contribution in [3.05, 3.63) is 47.2 Å². The molecule has 2 aromatic rings. The summed E-state index contributed by atoms with van der Waals surface area (Å²) in [5.74, 6) is 0.758. The summed E-state index contributed by atoms with van der Waals surface area (Å²) < 4.78 is 5.52. The van der Waals surface area contributed by atoms with Gasteiger partial charge in [0.25, 0.3) is 0 Å². The van der Waals surface area contributed by atoms with Crippen molar-refractivity contribution in [3.8, 4) is 11.4 Å². The van der Waals surface area contributed by atoms with Gasteiger partial charge in [-0.15, -0.1) is 0 Å². The molecule has 0 bridgehead atoms. The second-order valence-electron chi connectivity index (χ2n) is 6.55. The van der Waals surface area contributed by atoms with Crippen molar-refractivity contribution < 1.29 is 4.74 Å². The van der Waals surface area contributed by atoms with Crippen molar-refractivity contribution in [2.45, 2.75) is 37.8 Å². The molecule has 5 heteroatoms. The lowest BCUT2D eigenvalue weighted by atomic mass is 10.0. The molecule has 2 aliphatic rings. The predicted octanol–water partition coefficient (Wildman–Crippen LogP) is 4.11. The number of nitrogens with zero attached hydrogens (tertiary/aromatic N) is 3. The van der Waals surface area contributed by atoms with E-state index >= 15 is 0 Å². The van der Waals surface area contributed by atoms with E-state index in [1.165, 1.54) is 12.8 Å². The first-order valence-corrected chi connectivity index (χ1v) is 9.11. The summed E-state index contributed by atoms with van der Waals surface area (Å²) in [6.45, 7) is 2.92. The number of halogens is 1. The topological polar surface area (TPSA) is 38.2 Å². The standard InChI is InChI=1S/C19H22ClN3O/c20-15-4-1-3-14(13-15)19-21-9-6-17(22-19)18-5-2-10-23(18)16-7-11-24-12-8-16/h1,3-4,6,9,13,16,18H,2,5,7-8,10-12H2. The number of aromatic nitrogens is 2. The van der Waals surface area contributed by atoms with Gasteiger partial charge in [0.05, 0.1) is 11.7 Å². The molecule has 0 aliphatic carbocycles. The van der Waals surface area contributed by atoms with Crippen LogP contribution in [-0.2, 0) is 4.74 Å². The summed E-state index contributed by atoms with van der Waals surface area (Å²) in [5, 5.41) is 0.714. The van der Waals surface area contributed by atoms with Gasteiger partial charge in [-0.1, -0.05) is 23.7 Å². The van der Waals surface area contributed by atoms with Gasteiger partial charge >= 0.3 is 0 Å². The van der Waals surface area contributed by atoms with Gasteiger partial charge in [0, 0.05) is 36.0 Å². The maximum atomic E-state index is 6.11. The van der Waals surface area contributed by atoms with Crippen molar-refractivity contribution in [1.82, 2.24) is 14.9 Å². The molecule has 2 saturated heterocycles. The molecular formula is C19H22ClN3O. The van der Waals surface area contributed by atoms with Crippen LogP contribution in [0.2, 0.25) is 5.02 Å². The van der Waals surface area contributed by atoms with Crippen LogP contribution in [0.4, 0.5) is 0 Å². The molecule has 1 aromatic carbocycles. The van der Waals surface area contributed by atoms with Crippen LogP contribution in [0.3, 0.4) is 0 Å². The molecule has 24 heavy (non-hydrogen) atoms. The zero-order valence-electron chi connectivity index (χ0n) is 13.7. The predicted molar refractivity (Wildman–Crippen MR) is 95.0 cm³/mol. The number of likely N-dealkylation sites (tertiary alicyclic amines) is 1. The third kappa shape index (κ3) is 3.32. The van der Waals surface area contributed by atoms with E-state index < -0.39 is 0 Å². The van der Waals surface area contributed by atoms with E-state index in [1.54, 1.807) is 0 Å². The van der Waals surface area contributed by atoms with Gasteiger partial charge in [0.15, 0.2) is 5.82 Å². The summed E-state index contributed by atoms with van der Waals surface area (Å²) >= 11 is 6.11. The van der Waals surface area contributed by atoms with E-state index in [9.17, 15) is 0 Å². The monoisotopic (exact) mass is 343 g/mol. The highest BCUT2D eigenvalue weighted by Crippen LogP contribution is 2.35. The van der Waals surface area contributed by atoms with Crippen LogP contribution < -0.4 is 0 Å². The Morgan fingerprint density at radius 3 is 2.83 bits per heavy atom. The van der Waals surface area contributed by atoms with Crippen LogP contribution in [0.15, 0.2) is 36.5 Å². The average Bonchev–Trinajstić information content (AvgIpc) is 3.12. The molecule has 0 saturated carbocycles. The summed E-state index contributed by atoms with van der Waals surface area (Å²) in [6, 6.07) is 10.8. The molecule has 4 rings (SSSR count). The first-order valence-electron chi connectivity index (χ1n) is 8.73. The van der Waals surface area contributed by atoms with Gasteiger partial charge in [0.2, 0.25) is 0 Å². The Balaban J connectivity index is 1.60. The first kappa shape index (κ1) is 16.0. The maximum Gasteiger partial charge on any atom is 0.159 e. The molecule has 4 nitrogen and oxygen atoms in total. The van der Waals surface area contributed by atoms with Crippen molar-refractivity contribution in [1.29, 1.82) is 0 Å². The Morgan fingerprint density at radius 2 is 2.00 bits per heavy atom. The van der Waals surface area contributed by atoms with Crippen molar-refractivity contribution >= 4 is 11.6 Å². The highest BCUT2D eigenvalue weighted by atomic mass is 35.5. The zero-order chi connectivity index (χ0) is 16.4. The fourth-order valence-corrected chi connectivity index (χ4v) is 4.08. The minimum absolute atomic E-state index is 0.397. The number of benzene rings is 1. The molecule has 3 heterocycles. The zero-order valence-corrected chi connectivity index (χ0v) is 14.5. The van der Waals surface area contributed by atoms with E-state index in [0.29, 0.717) is 17.1 Å². The molecule has 1 unspecified atom stereocenters. The SMILES string of the molecule is Clc1cccc(-c2nccc(C3CCCN3C3CCOCC3)n2)c1. The van der Waals surface area contributed by atoms with Crippen LogP contribution >= 0.6 is 11.6 Å². The fraction of sp³-hybridized carbons (Fsp3) is 0.474. The second kappa shape index (κ2) is 7.18. The molecular weight excluding hydrogens is 322 g/mol. The lowest BCUT2D eigenvalue weighted by Crippen LogP contribution is -2.39. The van der Waals surface area contributed by atoms with E-state index in [-0.39, 0.29) is 0 Å². The quantitative estimate of drug-likeness (QED) is 0.840. The van der Waals surface area contributed by atoms with Crippen LogP contribution in [0.1, 0.15) is 37.4 Å². The number of rotatable bonds is 3. The first-order chi connectivity index (χ1) is 11.8. The second-order valence-corrected chi connectivity index (χ2v) is 6.99. The Kier molecular flexibility index (Phi) is 4.79. The maximum absolute atomic E-state index is 6.11. The highest BCUT2D eigenvalue weighted by Gasteiger charge is 2.33. The van der Waals surface area contributed by atoms with Crippen molar-refractivity contribution in [2.75, 3.05) is 19.8 Å². The van der Waals surface area contributed by atoms with Gasteiger partial charge in [0.1, 0.15) is 0 Å². The summed E-state index contributed by atoms with van der Waals surface area (Å²) in [7, 11) is 0. The van der Waals surface area contributed by atoms with Gasteiger partial charge in [-0.05, 0) is 50.4 Å². The Bertz CT molecular complexity index is 703. The Hall–Kier alpha value is -1.49. The minimum Gasteiger partial charge on any atom is -0.381 e. The normalized spacial score (nSPS) is 22.8. The van der Waals surface area contributed by atoms with Gasteiger partial charge in [-0.25, -0.2) is 9.97 Å². The average molecular weight is 344 g/mol. The molecule has 0 radical (unpaired) electrons. The summed E-state index contributed by atoms with van der Waals surface area (Å²) in [6.07, 6.45) is 6.53. The summed E-state index contributed by atoms with van der Waals surface area (Å²) in [5.41, 5.74) is 2.10. The lowest BCUT2D eigenvalue weighted by molar-refractivity contribution is 0.0285. The minimum atomic E-state index is 0.397. The molecule has 2 aliphatic heterocycles. The van der Waals surface area contributed by atoms with Crippen LogP contribution in [-0.4, -0.2) is 40.7 Å². The van der Waals surface area contributed by atoms with E-state index in [0.717, 1.165) is 49.7 Å². The lowest BCUT2D eigenvalue weighted by Gasteiger charge is -2.35. The third-order valence-electron chi connectivity index (χ3n) is 5.06. The van der Waals surface area contributed by atoms with E-state index in [1.807, 2.05) is 30.5 Å². The molecule has 0 spiro atoms. The van der Waals surface area contributed by atoms with Gasteiger partial charge < -0.3 is 4.74 Å². The molecule has 2 fully saturated rings. The highest BCUT2D eigenvalue weighted by molar-refractivity contribution is 6.30. The molecule has 1 atom stereocenters. The molecule has 126 valence electrons. The number of hydrogen-bond donors (Lipinski definition) is 0. The van der Waals surface area contributed by atoms with E-state index in [2.05, 4.69) is 16.0 Å². The van der Waals surface area contributed by atoms with Crippen molar-refractivity contribution in [2.24, 2.45) is 0 Å². The van der Waals surface area contributed by atoms with E-state index in [4.69, 9.17) is 21.3 Å². The van der Waals surface area contributed by atoms with Crippen LogP contribution in [0.5, 0.6) is 0 Å². The third-order valence-corrected chi connectivity index (χ3v) is 5.29. The number of hydrogen-bond acceptors (Lipinski definition) is 4. The Labute approximate surface area is 147 Å². The molecule has 0 amide bonds. The van der Waals surface area contributed by atoms with Gasteiger partial charge in [-0.2, -0.15) is 0 Å². The van der Waals surface area contributed by atoms with Crippen LogP contribution in [0.25, 0.3) is 11.4 Å². The molecule has 0 N–H and O–H groups in total. The van der Waals surface area contributed by atoms with Crippen molar-refractivity contribution in [3.63, 3.8) is 0 Å². The van der Waals surface area contributed by atoms with Gasteiger partial charge in [-0.3, -0.25) is 4.90 Å². The fourth-order valence-electron chi connectivity index (χ4n) is 3.89.